The second kappa shape index (κ2) is 7.43. The molecule has 0 aliphatic heterocycles. The van der Waals surface area contributed by atoms with Crippen molar-refractivity contribution in [3.63, 3.8) is 0 Å². The summed E-state index contributed by atoms with van der Waals surface area (Å²) in [5, 5.41) is 6.66. The molecule has 0 aliphatic carbocycles. The summed E-state index contributed by atoms with van der Waals surface area (Å²) in [4.78, 5) is 27.7. The third-order valence-electron chi connectivity index (χ3n) is 4.57. The monoisotopic (exact) mass is 410 g/mol. The predicted octanol–water partition coefficient (Wildman–Crippen LogP) is 3.54. The molecule has 152 valence electrons. The van der Waals surface area contributed by atoms with Crippen LogP contribution in [0.3, 0.4) is 0 Å². The number of ether oxygens (including phenoxy) is 1. The van der Waals surface area contributed by atoms with Crippen molar-refractivity contribution in [1.82, 2.24) is 14.6 Å². The molecule has 2 heterocycles. The molecule has 4 rings (SSSR count). The number of aromatic amines is 1. The zero-order valence-electron chi connectivity index (χ0n) is 16.0. The van der Waals surface area contributed by atoms with Gasteiger partial charge in [0.1, 0.15) is 23.0 Å². The molecule has 0 saturated heterocycles. The Labute approximate surface area is 168 Å². The van der Waals surface area contributed by atoms with Crippen molar-refractivity contribution in [1.29, 1.82) is 0 Å². The van der Waals surface area contributed by atoms with Crippen molar-refractivity contribution in [2.24, 2.45) is 0 Å². The highest BCUT2D eigenvalue weighted by Gasteiger charge is 2.23. The van der Waals surface area contributed by atoms with Crippen LogP contribution in [0.1, 0.15) is 16.2 Å². The summed E-state index contributed by atoms with van der Waals surface area (Å²) in [6, 6.07) is 10.9. The van der Waals surface area contributed by atoms with E-state index < -0.39 is 17.5 Å². The molecule has 2 aromatic carbocycles. The molecule has 0 saturated carbocycles. The maximum atomic E-state index is 14.0. The first kappa shape index (κ1) is 19.3. The number of rotatable bonds is 4. The topological polar surface area (TPSA) is 88.5 Å². The zero-order chi connectivity index (χ0) is 21.4. The van der Waals surface area contributed by atoms with Crippen LogP contribution in [-0.2, 0) is 0 Å². The van der Waals surface area contributed by atoms with Crippen LogP contribution in [-0.4, -0.2) is 27.6 Å². The number of anilines is 1. The summed E-state index contributed by atoms with van der Waals surface area (Å²) in [5.74, 6) is -1.64. The van der Waals surface area contributed by atoms with Gasteiger partial charge in [-0.15, -0.1) is 0 Å². The fourth-order valence-corrected chi connectivity index (χ4v) is 3.16. The lowest BCUT2D eigenvalue weighted by molar-refractivity contribution is 0.102. The van der Waals surface area contributed by atoms with Crippen LogP contribution in [0.5, 0.6) is 5.75 Å². The average Bonchev–Trinajstić information content (AvgIpc) is 3.10. The van der Waals surface area contributed by atoms with Gasteiger partial charge in [0.15, 0.2) is 5.69 Å². The lowest BCUT2D eigenvalue weighted by atomic mass is 10.0. The molecule has 0 spiro atoms. The van der Waals surface area contributed by atoms with E-state index in [4.69, 9.17) is 4.74 Å². The van der Waals surface area contributed by atoms with Gasteiger partial charge >= 0.3 is 0 Å². The zero-order valence-corrected chi connectivity index (χ0v) is 16.0. The smallest absolute Gasteiger partial charge is 0.276 e. The Kier molecular flexibility index (Phi) is 4.78. The van der Waals surface area contributed by atoms with Crippen molar-refractivity contribution in [3.05, 3.63) is 81.9 Å². The highest BCUT2D eigenvalue weighted by Crippen LogP contribution is 2.30. The van der Waals surface area contributed by atoms with Gasteiger partial charge in [0.2, 0.25) is 0 Å². The fraction of sp³-hybridized carbons (Fsp3) is 0.0952. The quantitative estimate of drug-likeness (QED) is 0.539. The number of carbonyl (C=O) groups is 1. The van der Waals surface area contributed by atoms with E-state index in [0.29, 0.717) is 28.2 Å². The SMILES string of the molecule is COc1ccc(-c2c(C(=O)Nc3cc(F)ccc3F)nn3c(C)cc(=O)[nH]c23)cc1. The molecule has 7 nitrogen and oxygen atoms in total. The summed E-state index contributed by atoms with van der Waals surface area (Å²) >= 11 is 0. The maximum Gasteiger partial charge on any atom is 0.276 e. The third kappa shape index (κ3) is 3.41. The number of hydrogen-bond acceptors (Lipinski definition) is 4. The summed E-state index contributed by atoms with van der Waals surface area (Å²) in [7, 11) is 1.53. The highest BCUT2D eigenvalue weighted by atomic mass is 19.1. The molecule has 4 aromatic rings. The Bertz CT molecular complexity index is 1330. The molecule has 2 aromatic heterocycles. The fourth-order valence-electron chi connectivity index (χ4n) is 3.16. The normalized spacial score (nSPS) is 10.9. The number of benzene rings is 2. The molecule has 30 heavy (non-hydrogen) atoms. The molecule has 0 aliphatic rings. The first-order valence-corrected chi connectivity index (χ1v) is 8.91. The van der Waals surface area contributed by atoms with Crippen molar-refractivity contribution < 1.29 is 18.3 Å². The van der Waals surface area contributed by atoms with Crippen LogP contribution < -0.4 is 15.6 Å². The van der Waals surface area contributed by atoms with Crippen LogP contribution in [0, 0.1) is 18.6 Å². The summed E-state index contributed by atoms with van der Waals surface area (Å²) in [6.45, 7) is 1.67. The van der Waals surface area contributed by atoms with Crippen molar-refractivity contribution in [2.75, 3.05) is 12.4 Å². The Morgan fingerprint density at radius 3 is 2.57 bits per heavy atom. The standard InChI is InChI=1S/C21H16F2N4O3/c1-11-9-17(28)25-20-18(12-3-6-14(30-2)7-4-12)19(26-27(11)20)21(29)24-16-10-13(22)5-8-15(16)23/h3-10H,1-2H3,(H,24,29)(H,25,28). The number of fused-ring (bicyclic) bond motifs is 1. The van der Waals surface area contributed by atoms with Gasteiger partial charge in [0, 0.05) is 17.8 Å². The first-order valence-electron chi connectivity index (χ1n) is 8.91. The molecule has 2 N–H and O–H groups in total. The van der Waals surface area contributed by atoms with Gasteiger partial charge in [-0.1, -0.05) is 12.1 Å². The molecular formula is C21H16F2N4O3. The van der Waals surface area contributed by atoms with Gasteiger partial charge in [-0.25, -0.2) is 13.3 Å². The Morgan fingerprint density at radius 2 is 1.87 bits per heavy atom. The van der Waals surface area contributed by atoms with E-state index in [1.165, 1.54) is 17.7 Å². The van der Waals surface area contributed by atoms with Gasteiger partial charge < -0.3 is 15.0 Å². The third-order valence-corrected chi connectivity index (χ3v) is 4.57. The number of amides is 1. The van der Waals surface area contributed by atoms with Crippen molar-refractivity contribution >= 4 is 17.2 Å². The van der Waals surface area contributed by atoms with Crippen LogP contribution in [0.15, 0.2) is 53.3 Å². The minimum absolute atomic E-state index is 0.0613. The Balaban J connectivity index is 1.89. The van der Waals surface area contributed by atoms with Gasteiger partial charge in [-0.2, -0.15) is 5.10 Å². The van der Waals surface area contributed by atoms with Crippen molar-refractivity contribution in [3.8, 4) is 16.9 Å². The minimum Gasteiger partial charge on any atom is -0.497 e. The van der Waals surface area contributed by atoms with E-state index >= 15 is 0 Å². The van der Waals surface area contributed by atoms with E-state index in [0.717, 1.165) is 18.2 Å². The lowest BCUT2D eigenvalue weighted by Gasteiger charge is -2.07. The number of nitrogens with zero attached hydrogens (tertiary/aromatic N) is 2. The summed E-state index contributed by atoms with van der Waals surface area (Å²) in [5.41, 5.74) is 0.980. The van der Waals surface area contributed by atoms with E-state index in [9.17, 15) is 18.4 Å². The lowest BCUT2D eigenvalue weighted by Crippen LogP contribution is -2.15. The highest BCUT2D eigenvalue weighted by molar-refractivity contribution is 6.09. The van der Waals surface area contributed by atoms with Crippen LogP contribution >= 0.6 is 0 Å². The predicted molar refractivity (Wildman–Crippen MR) is 107 cm³/mol. The van der Waals surface area contributed by atoms with E-state index in [1.54, 1.807) is 31.2 Å². The van der Waals surface area contributed by atoms with E-state index in [-0.39, 0.29) is 16.9 Å². The number of hydrogen-bond donors (Lipinski definition) is 2. The average molecular weight is 410 g/mol. The molecular weight excluding hydrogens is 394 g/mol. The molecule has 0 unspecified atom stereocenters. The van der Waals surface area contributed by atoms with Gasteiger partial charge in [-0.05, 0) is 36.8 Å². The Hall–Kier alpha value is -4.01. The largest absolute Gasteiger partial charge is 0.497 e. The number of halogens is 2. The summed E-state index contributed by atoms with van der Waals surface area (Å²) < 4.78 is 34.1. The molecule has 1 amide bonds. The Morgan fingerprint density at radius 1 is 1.13 bits per heavy atom. The number of methoxy groups -OCH3 is 1. The van der Waals surface area contributed by atoms with Gasteiger partial charge in [-0.3, -0.25) is 9.59 Å². The van der Waals surface area contributed by atoms with E-state index in [2.05, 4.69) is 15.4 Å². The number of carbonyl (C=O) groups excluding carboxylic acids is 1. The first-order chi connectivity index (χ1) is 14.4. The molecule has 0 atom stereocenters. The number of nitrogens with one attached hydrogen (secondary N) is 2. The molecule has 9 heteroatoms. The van der Waals surface area contributed by atoms with Crippen LogP contribution in [0.4, 0.5) is 14.5 Å². The second-order valence-corrected chi connectivity index (χ2v) is 6.57. The summed E-state index contributed by atoms with van der Waals surface area (Å²) in [6.07, 6.45) is 0. The minimum atomic E-state index is -0.788. The van der Waals surface area contributed by atoms with Crippen LogP contribution in [0.2, 0.25) is 0 Å². The van der Waals surface area contributed by atoms with Crippen LogP contribution in [0.25, 0.3) is 16.8 Å². The number of aryl methyl sites for hydroxylation is 1. The molecule has 0 bridgehead atoms. The molecule has 0 fully saturated rings. The molecule has 0 radical (unpaired) electrons. The van der Waals surface area contributed by atoms with Crippen molar-refractivity contribution in [2.45, 2.75) is 6.92 Å². The van der Waals surface area contributed by atoms with Gasteiger partial charge in [0.05, 0.1) is 18.4 Å². The van der Waals surface area contributed by atoms with Gasteiger partial charge in [0.25, 0.3) is 11.5 Å². The maximum absolute atomic E-state index is 14.0. The number of H-pyrrole nitrogens is 1. The van der Waals surface area contributed by atoms with E-state index in [1.807, 2.05) is 0 Å². The number of aromatic nitrogens is 3. The second-order valence-electron chi connectivity index (χ2n) is 6.57.